The molecule has 2 rings (SSSR count). The third-order valence-corrected chi connectivity index (χ3v) is 2.81. The lowest BCUT2D eigenvalue weighted by Crippen LogP contribution is -1.92. The number of ether oxygens (including phenoxy) is 1. The van der Waals surface area contributed by atoms with Gasteiger partial charge in [-0.15, -0.1) is 0 Å². The zero-order valence-electron chi connectivity index (χ0n) is 7.42. The second-order valence-corrected chi connectivity index (χ2v) is 5.79. The Morgan fingerprint density at radius 2 is 2.25 bits per heavy atom. The van der Waals surface area contributed by atoms with Crippen molar-refractivity contribution in [3.05, 3.63) is 35.1 Å². The summed E-state index contributed by atoms with van der Waals surface area (Å²) in [7, 11) is -0.269. The summed E-state index contributed by atoms with van der Waals surface area (Å²) in [6, 6.07) is 0. The molecule has 1 aliphatic heterocycles. The van der Waals surface area contributed by atoms with Crippen molar-refractivity contribution in [2.75, 3.05) is 6.61 Å². The summed E-state index contributed by atoms with van der Waals surface area (Å²) in [6.45, 7) is 5.32. The van der Waals surface area contributed by atoms with Gasteiger partial charge in [-0.1, -0.05) is 18.8 Å². The highest BCUT2D eigenvalue weighted by Crippen LogP contribution is 2.27. The van der Waals surface area contributed by atoms with Crippen LogP contribution in [0.25, 0.3) is 0 Å². The summed E-state index contributed by atoms with van der Waals surface area (Å²) < 4.78 is 5.40. The standard InChI is InChI=1S/C10H12OSi/c1-12(2)7-8-5-9-3-4-11-10(9)6-8/h3,5-7H,4H2,1-2H3. The quantitative estimate of drug-likeness (QED) is 0.554. The van der Waals surface area contributed by atoms with Crippen molar-refractivity contribution in [3.8, 4) is 0 Å². The van der Waals surface area contributed by atoms with E-state index in [1.165, 1.54) is 11.1 Å². The minimum Gasteiger partial charge on any atom is -0.489 e. The molecule has 0 aromatic carbocycles. The first-order valence-electron chi connectivity index (χ1n) is 4.17. The summed E-state index contributed by atoms with van der Waals surface area (Å²) in [5.41, 5.74) is 4.94. The highest BCUT2D eigenvalue weighted by atomic mass is 28.2. The van der Waals surface area contributed by atoms with E-state index in [4.69, 9.17) is 4.74 Å². The summed E-state index contributed by atoms with van der Waals surface area (Å²) in [5.74, 6) is 1.06. The van der Waals surface area contributed by atoms with Crippen molar-refractivity contribution < 1.29 is 4.74 Å². The van der Waals surface area contributed by atoms with Gasteiger partial charge >= 0.3 is 0 Å². The predicted molar refractivity (Wildman–Crippen MR) is 53.7 cm³/mol. The first-order chi connectivity index (χ1) is 5.75. The van der Waals surface area contributed by atoms with Gasteiger partial charge in [0.2, 0.25) is 0 Å². The van der Waals surface area contributed by atoms with E-state index < -0.39 is 0 Å². The molecule has 0 aromatic heterocycles. The van der Waals surface area contributed by atoms with Crippen LogP contribution in [-0.4, -0.2) is 20.7 Å². The maximum absolute atomic E-state index is 5.40. The molecule has 0 bridgehead atoms. The van der Waals surface area contributed by atoms with Crippen LogP contribution in [0.15, 0.2) is 35.1 Å². The zero-order chi connectivity index (χ0) is 8.55. The monoisotopic (exact) mass is 176 g/mol. The highest BCUT2D eigenvalue weighted by molar-refractivity contribution is 6.66. The van der Waals surface area contributed by atoms with Crippen molar-refractivity contribution >= 4 is 14.1 Å². The normalized spacial score (nSPS) is 19.0. The molecule has 0 N–H and O–H groups in total. The fourth-order valence-electron chi connectivity index (χ4n) is 1.45. The Labute approximate surface area is 74.3 Å². The SMILES string of the molecule is C[Si](C)=CC1=CC2=CCOC2=C1. The van der Waals surface area contributed by atoms with Crippen LogP contribution in [0.3, 0.4) is 0 Å². The Bertz CT molecular complexity index is 328. The van der Waals surface area contributed by atoms with Gasteiger partial charge in [0.15, 0.2) is 0 Å². The van der Waals surface area contributed by atoms with E-state index in [1.807, 2.05) is 0 Å². The first-order valence-corrected chi connectivity index (χ1v) is 6.75. The van der Waals surface area contributed by atoms with E-state index in [-0.39, 0.29) is 8.41 Å². The minimum atomic E-state index is -0.269. The summed E-state index contributed by atoms with van der Waals surface area (Å²) in [4.78, 5) is 0. The molecule has 2 heteroatoms. The van der Waals surface area contributed by atoms with Gasteiger partial charge in [-0.2, -0.15) is 0 Å². The van der Waals surface area contributed by atoms with Crippen LogP contribution < -0.4 is 0 Å². The lowest BCUT2D eigenvalue weighted by molar-refractivity contribution is 0.278. The van der Waals surface area contributed by atoms with E-state index in [0.717, 1.165) is 12.4 Å². The molecule has 1 heterocycles. The van der Waals surface area contributed by atoms with Crippen LogP contribution in [0.5, 0.6) is 0 Å². The first kappa shape index (κ1) is 7.74. The van der Waals surface area contributed by atoms with E-state index in [1.54, 1.807) is 0 Å². The summed E-state index contributed by atoms with van der Waals surface area (Å²) in [6.07, 6.45) is 6.47. The third-order valence-electron chi connectivity index (χ3n) is 1.90. The van der Waals surface area contributed by atoms with Gasteiger partial charge in [-0.05, 0) is 23.8 Å². The van der Waals surface area contributed by atoms with Crippen LogP contribution in [0.2, 0.25) is 13.1 Å². The van der Waals surface area contributed by atoms with Crippen molar-refractivity contribution in [2.24, 2.45) is 0 Å². The molecule has 0 fully saturated rings. The van der Waals surface area contributed by atoms with Gasteiger partial charge in [0.05, 0.1) is 0 Å². The number of hydrogen-bond acceptors (Lipinski definition) is 1. The molecule has 12 heavy (non-hydrogen) atoms. The molecular formula is C10H12OSi. The van der Waals surface area contributed by atoms with Crippen LogP contribution >= 0.6 is 0 Å². The maximum atomic E-state index is 5.40. The largest absolute Gasteiger partial charge is 0.489 e. The Morgan fingerprint density at radius 3 is 2.92 bits per heavy atom. The lowest BCUT2D eigenvalue weighted by atomic mass is 10.3. The predicted octanol–water partition coefficient (Wildman–Crippen LogP) is 1.91. The van der Waals surface area contributed by atoms with Gasteiger partial charge in [0, 0.05) is 14.0 Å². The van der Waals surface area contributed by atoms with Crippen LogP contribution in [0, 0.1) is 0 Å². The van der Waals surface area contributed by atoms with Gasteiger partial charge in [-0.3, -0.25) is 0 Å². The van der Waals surface area contributed by atoms with Crippen molar-refractivity contribution in [1.29, 1.82) is 0 Å². The van der Waals surface area contributed by atoms with Crippen LogP contribution in [0.1, 0.15) is 0 Å². The molecule has 1 nitrogen and oxygen atoms in total. The molecule has 0 amide bonds. The third kappa shape index (κ3) is 1.34. The van der Waals surface area contributed by atoms with E-state index in [9.17, 15) is 0 Å². The second-order valence-electron chi connectivity index (χ2n) is 3.35. The molecule has 0 saturated carbocycles. The van der Waals surface area contributed by atoms with Crippen molar-refractivity contribution in [3.63, 3.8) is 0 Å². The van der Waals surface area contributed by atoms with Gasteiger partial charge in [-0.25, -0.2) is 0 Å². The number of fused-ring (bicyclic) bond motifs is 1. The maximum Gasteiger partial charge on any atom is 0.127 e. The number of allylic oxidation sites excluding steroid dienone is 3. The van der Waals surface area contributed by atoms with E-state index in [2.05, 4.69) is 37.0 Å². The van der Waals surface area contributed by atoms with Crippen LogP contribution in [-0.2, 0) is 4.74 Å². The average Bonchev–Trinajstić information content (AvgIpc) is 2.43. The van der Waals surface area contributed by atoms with Crippen molar-refractivity contribution in [1.82, 2.24) is 0 Å². The topological polar surface area (TPSA) is 9.23 Å². The molecule has 0 spiro atoms. The van der Waals surface area contributed by atoms with Crippen molar-refractivity contribution in [2.45, 2.75) is 13.1 Å². The Kier molecular flexibility index (Phi) is 1.85. The Balaban J connectivity index is 2.28. The Morgan fingerprint density at radius 1 is 1.42 bits per heavy atom. The molecule has 62 valence electrons. The highest BCUT2D eigenvalue weighted by Gasteiger charge is 2.16. The van der Waals surface area contributed by atoms with Gasteiger partial charge in [0.1, 0.15) is 12.4 Å². The smallest absolute Gasteiger partial charge is 0.127 e. The summed E-state index contributed by atoms with van der Waals surface area (Å²) in [5, 5.41) is 0. The van der Waals surface area contributed by atoms with E-state index in [0.29, 0.717) is 0 Å². The molecule has 1 aliphatic carbocycles. The zero-order valence-corrected chi connectivity index (χ0v) is 8.42. The molecular weight excluding hydrogens is 164 g/mol. The van der Waals surface area contributed by atoms with Gasteiger partial charge < -0.3 is 4.74 Å². The van der Waals surface area contributed by atoms with Gasteiger partial charge in [0.25, 0.3) is 0 Å². The molecule has 0 unspecified atom stereocenters. The molecule has 0 aromatic rings. The molecule has 0 radical (unpaired) electrons. The number of rotatable bonds is 1. The molecule has 2 aliphatic rings. The van der Waals surface area contributed by atoms with E-state index >= 15 is 0 Å². The molecule has 0 atom stereocenters. The fraction of sp³-hybridized carbons (Fsp3) is 0.300. The average molecular weight is 176 g/mol. The van der Waals surface area contributed by atoms with Crippen LogP contribution in [0.4, 0.5) is 0 Å². The molecule has 0 saturated heterocycles. The second kappa shape index (κ2) is 2.86. The minimum absolute atomic E-state index is 0.269. The fourth-order valence-corrected chi connectivity index (χ4v) is 2.28. The summed E-state index contributed by atoms with van der Waals surface area (Å²) >= 11 is 0. The number of hydrogen-bond donors (Lipinski definition) is 0. The lowest BCUT2D eigenvalue weighted by Gasteiger charge is -1.93. The Hall–Kier alpha value is -0.893.